The maximum atomic E-state index is 13.3. The Bertz CT molecular complexity index is 1150. The molecule has 1 aromatic heterocycles. The maximum Gasteiger partial charge on any atom is 0.283 e. The monoisotopic (exact) mass is 401 g/mol. The Hall–Kier alpha value is -3.93. The first-order valence-corrected chi connectivity index (χ1v) is 9.47. The number of rotatable bonds is 6. The van der Waals surface area contributed by atoms with Crippen LogP contribution in [-0.4, -0.2) is 22.8 Å². The first-order valence-electron chi connectivity index (χ1n) is 9.47. The summed E-state index contributed by atoms with van der Waals surface area (Å²) in [6.07, 6.45) is 0. The Labute approximate surface area is 173 Å². The summed E-state index contributed by atoms with van der Waals surface area (Å²) in [5.41, 5.74) is 2.86. The molecule has 1 N–H and O–H groups in total. The third-order valence-corrected chi connectivity index (χ3v) is 4.70. The molecule has 30 heavy (non-hydrogen) atoms. The Balaban J connectivity index is 1.70. The highest BCUT2D eigenvalue weighted by atomic mass is 19.1. The molecule has 0 amide bonds. The lowest BCUT2D eigenvalue weighted by atomic mass is 10.1. The van der Waals surface area contributed by atoms with Gasteiger partial charge in [0.15, 0.2) is 0 Å². The number of hydrogen-bond acceptors (Lipinski definition) is 4. The van der Waals surface area contributed by atoms with E-state index in [4.69, 9.17) is 4.74 Å². The molecule has 4 aromatic rings. The van der Waals surface area contributed by atoms with E-state index >= 15 is 0 Å². The zero-order valence-electron chi connectivity index (χ0n) is 16.4. The molecule has 0 bridgehead atoms. The molecular weight excluding hydrogens is 381 g/mol. The molecule has 0 radical (unpaired) electrons. The van der Waals surface area contributed by atoms with E-state index in [0.29, 0.717) is 29.4 Å². The van der Waals surface area contributed by atoms with Crippen molar-refractivity contribution < 1.29 is 13.9 Å². The van der Waals surface area contributed by atoms with Gasteiger partial charge in [-0.25, -0.2) is 4.39 Å². The summed E-state index contributed by atoms with van der Waals surface area (Å²) in [5.74, 6) is 0.413. The SMILES string of the molecule is COc1ccccc1C(=O)n1nc(-c2ccccc2)cc1NCc1ccc(F)cc1. The zero-order valence-corrected chi connectivity index (χ0v) is 16.4. The summed E-state index contributed by atoms with van der Waals surface area (Å²) in [6, 6.07) is 24.7. The minimum atomic E-state index is -0.309. The van der Waals surface area contributed by atoms with Gasteiger partial charge in [-0.15, -0.1) is 0 Å². The average Bonchev–Trinajstić information content (AvgIpc) is 3.23. The standard InChI is InChI=1S/C24H20FN3O2/c1-30-22-10-6-5-9-20(22)24(29)28-23(26-16-17-11-13-19(25)14-12-17)15-21(27-28)18-7-3-2-4-8-18/h2-15,26H,16H2,1H3. The van der Waals surface area contributed by atoms with Crippen LogP contribution in [0.5, 0.6) is 5.75 Å². The number of aromatic nitrogens is 2. The van der Waals surface area contributed by atoms with Crippen LogP contribution in [0.3, 0.4) is 0 Å². The number of hydrogen-bond donors (Lipinski definition) is 1. The Kier molecular flexibility index (Phi) is 5.57. The Morgan fingerprint density at radius 2 is 1.70 bits per heavy atom. The van der Waals surface area contributed by atoms with Crippen LogP contribution < -0.4 is 10.1 Å². The second-order valence-electron chi connectivity index (χ2n) is 6.68. The van der Waals surface area contributed by atoms with Crippen LogP contribution in [-0.2, 0) is 6.54 Å². The van der Waals surface area contributed by atoms with Crippen LogP contribution in [0.4, 0.5) is 10.2 Å². The number of nitrogens with zero attached hydrogens (tertiary/aromatic N) is 2. The molecule has 0 spiro atoms. The number of anilines is 1. The van der Waals surface area contributed by atoms with E-state index in [9.17, 15) is 9.18 Å². The number of ether oxygens (including phenoxy) is 1. The lowest BCUT2D eigenvalue weighted by Crippen LogP contribution is -2.18. The number of nitrogens with one attached hydrogen (secondary N) is 1. The fourth-order valence-electron chi connectivity index (χ4n) is 3.14. The molecule has 0 atom stereocenters. The van der Waals surface area contributed by atoms with Crippen LogP contribution >= 0.6 is 0 Å². The zero-order chi connectivity index (χ0) is 20.9. The van der Waals surface area contributed by atoms with Crippen molar-refractivity contribution in [3.63, 3.8) is 0 Å². The highest BCUT2D eigenvalue weighted by Gasteiger charge is 2.20. The van der Waals surface area contributed by atoms with Crippen molar-refractivity contribution in [2.24, 2.45) is 0 Å². The van der Waals surface area contributed by atoms with Gasteiger partial charge in [-0.1, -0.05) is 54.6 Å². The third kappa shape index (κ3) is 4.07. The van der Waals surface area contributed by atoms with Crippen molar-refractivity contribution in [3.8, 4) is 17.0 Å². The van der Waals surface area contributed by atoms with E-state index in [2.05, 4.69) is 10.4 Å². The second kappa shape index (κ2) is 8.61. The molecule has 6 heteroatoms. The van der Waals surface area contributed by atoms with Gasteiger partial charge >= 0.3 is 0 Å². The molecular formula is C24H20FN3O2. The number of carbonyl (C=O) groups excluding carboxylic acids is 1. The molecule has 0 unspecified atom stereocenters. The molecule has 0 fully saturated rings. The average molecular weight is 401 g/mol. The largest absolute Gasteiger partial charge is 0.496 e. The van der Waals surface area contributed by atoms with Gasteiger partial charge in [-0.2, -0.15) is 9.78 Å². The molecule has 0 aliphatic rings. The molecule has 150 valence electrons. The molecule has 4 rings (SSSR count). The van der Waals surface area contributed by atoms with Crippen LogP contribution in [0.25, 0.3) is 11.3 Å². The van der Waals surface area contributed by atoms with Crippen LogP contribution in [0, 0.1) is 5.82 Å². The van der Waals surface area contributed by atoms with Gasteiger partial charge in [0.2, 0.25) is 0 Å². The van der Waals surface area contributed by atoms with Crippen molar-refractivity contribution in [1.29, 1.82) is 0 Å². The molecule has 0 aliphatic heterocycles. The van der Waals surface area contributed by atoms with Crippen molar-refractivity contribution >= 4 is 11.7 Å². The highest BCUT2D eigenvalue weighted by Crippen LogP contribution is 2.25. The number of halogens is 1. The highest BCUT2D eigenvalue weighted by molar-refractivity contribution is 6.00. The van der Waals surface area contributed by atoms with Crippen LogP contribution in [0.2, 0.25) is 0 Å². The van der Waals surface area contributed by atoms with Gasteiger partial charge in [-0.05, 0) is 29.8 Å². The van der Waals surface area contributed by atoms with Crippen LogP contribution in [0.15, 0.2) is 84.9 Å². The van der Waals surface area contributed by atoms with E-state index in [1.807, 2.05) is 42.5 Å². The fraction of sp³-hybridized carbons (Fsp3) is 0.0833. The van der Waals surface area contributed by atoms with Crippen molar-refractivity contribution in [3.05, 3.63) is 102 Å². The fourth-order valence-corrected chi connectivity index (χ4v) is 3.14. The van der Waals surface area contributed by atoms with Gasteiger partial charge in [0.05, 0.1) is 18.4 Å². The maximum absolute atomic E-state index is 13.3. The number of carbonyl (C=O) groups is 1. The van der Waals surface area contributed by atoms with E-state index in [-0.39, 0.29) is 11.7 Å². The van der Waals surface area contributed by atoms with Crippen LogP contribution in [0.1, 0.15) is 15.9 Å². The molecule has 0 saturated heterocycles. The summed E-state index contributed by atoms with van der Waals surface area (Å²) < 4.78 is 19.9. The van der Waals surface area contributed by atoms with Gasteiger partial charge in [0.1, 0.15) is 17.4 Å². The second-order valence-corrected chi connectivity index (χ2v) is 6.68. The van der Waals surface area contributed by atoms with Gasteiger partial charge in [0, 0.05) is 18.2 Å². The van der Waals surface area contributed by atoms with E-state index in [1.54, 1.807) is 30.3 Å². The lowest BCUT2D eigenvalue weighted by molar-refractivity contribution is 0.0945. The quantitative estimate of drug-likeness (QED) is 0.494. The minimum Gasteiger partial charge on any atom is -0.496 e. The third-order valence-electron chi connectivity index (χ3n) is 4.70. The van der Waals surface area contributed by atoms with E-state index in [1.165, 1.54) is 23.9 Å². The predicted octanol–water partition coefficient (Wildman–Crippen LogP) is 5.00. The Morgan fingerprint density at radius 1 is 1.00 bits per heavy atom. The topological polar surface area (TPSA) is 56.2 Å². The normalized spacial score (nSPS) is 10.6. The predicted molar refractivity (Wildman–Crippen MR) is 114 cm³/mol. The summed E-state index contributed by atoms with van der Waals surface area (Å²) in [5, 5.41) is 7.79. The molecule has 3 aromatic carbocycles. The minimum absolute atomic E-state index is 0.290. The number of para-hydroxylation sites is 1. The van der Waals surface area contributed by atoms with Gasteiger partial charge < -0.3 is 10.1 Å². The lowest BCUT2D eigenvalue weighted by Gasteiger charge is -2.11. The van der Waals surface area contributed by atoms with E-state index in [0.717, 1.165) is 11.1 Å². The molecule has 0 saturated carbocycles. The number of methoxy groups -OCH3 is 1. The van der Waals surface area contributed by atoms with Crippen molar-refractivity contribution in [2.75, 3.05) is 12.4 Å². The van der Waals surface area contributed by atoms with Crippen molar-refractivity contribution in [2.45, 2.75) is 6.54 Å². The Morgan fingerprint density at radius 3 is 2.43 bits per heavy atom. The summed E-state index contributed by atoms with van der Waals surface area (Å²) >= 11 is 0. The summed E-state index contributed by atoms with van der Waals surface area (Å²) in [4.78, 5) is 13.3. The van der Waals surface area contributed by atoms with Crippen molar-refractivity contribution in [1.82, 2.24) is 9.78 Å². The summed E-state index contributed by atoms with van der Waals surface area (Å²) in [6.45, 7) is 0.416. The van der Waals surface area contributed by atoms with Gasteiger partial charge in [0.25, 0.3) is 5.91 Å². The number of benzene rings is 3. The van der Waals surface area contributed by atoms with Gasteiger partial charge in [-0.3, -0.25) is 4.79 Å². The molecule has 1 heterocycles. The van der Waals surface area contributed by atoms with E-state index < -0.39 is 0 Å². The smallest absolute Gasteiger partial charge is 0.283 e. The first-order chi connectivity index (χ1) is 14.7. The molecule has 5 nitrogen and oxygen atoms in total. The molecule has 0 aliphatic carbocycles. The first kappa shape index (κ1) is 19.4. The summed E-state index contributed by atoms with van der Waals surface area (Å²) in [7, 11) is 1.53.